The lowest BCUT2D eigenvalue weighted by molar-refractivity contribution is -0.125. The van der Waals surface area contributed by atoms with Crippen molar-refractivity contribution in [2.75, 3.05) is 19.8 Å². The predicted octanol–water partition coefficient (Wildman–Crippen LogP) is -0.0883. The first-order valence-corrected chi connectivity index (χ1v) is 4.93. The summed E-state index contributed by atoms with van der Waals surface area (Å²) in [7, 11) is 0. The summed E-state index contributed by atoms with van der Waals surface area (Å²) in [5, 5.41) is 13.8. The van der Waals surface area contributed by atoms with E-state index in [9.17, 15) is 4.79 Å². The van der Waals surface area contributed by atoms with Gasteiger partial charge in [0, 0.05) is 19.1 Å². The van der Waals surface area contributed by atoms with Crippen molar-refractivity contribution in [3.05, 3.63) is 0 Å². The van der Waals surface area contributed by atoms with Crippen LogP contribution in [0, 0.1) is 5.92 Å². The van der Waals surface area contributed by atoms with Crippen molar-refractivity contribution in [3.8, 4) is 0 Å². The standard InChI is InChI=1S/C9H19N3O3/c1-3-4-15-6-8(13)11-5-7(2)9(10)12-14/h7,14H,3-6H2,1-2H3,(H2,10,12)(H,11,13). The Labute approximate surface area is 89.5 Å². The van der Waals surface area contributed by atoms with E-state index in [1.54, 1.807) is 6.92 Å². The molecule has 1 atom stereocenters. The first-order valence-electron chi connectivity index (χ1n) is 4.93. The minimum atomic E-state index is -0.193. The summed E-state index contributed by atoms with van der Waals surface area (Å²) < 4.78 is 5.04. The topological polar surface area (TPSA) is 96.9 Å². The lowest BCUT2D eigenvalue weighted by Gasteiger charge is -2.10. The molecule has 0 saturated heterocycles. The molecule has 0 heterocycles. The predicted molar refractivity (Wildman–Crippen MR) is 56.7 cm³/mol. The fourth-order valence-corrected chi connectivity index (χ4v) is 0.830. The summed E-state index contributed by atoms with van der Waals surface area (Å²) in [5.74, 6) is -0.282. The molecule has 0 aromatic carbocycles. The largest absolute Gasteiger partial charge is 0.409 e. The summed E-state index contributed by atoms with van der Waals surface area (Å²) in [6.45, 7) is 4.69. The zero-order valence-corrected chi connectivity index (χ0v) is 9.19. The minimum Gasteiger partial charge on any atom is -0.409 e. The molecule has 0 rings (SSSR count). The molecule has 88 valence electrons. The maximum atomic E-state index is 11.2. The number of amidine groups is 1. The third-order valence-electron chi connectivity index (χ3n) is 1.81. The second-order valence-corrected chi connectivity index (χ2v) is 3.28. The van der Waals surface area contributed by atoms with Gasteiger partial charge in [-0.25, -0.2) is 0 Å². The fraction of sp³-hybridized carbons (Fsp3) is 0.778. The molecule has 0 radical (unpaired) electrons. The van der Waals surface area contributed by atoms with Gasteiger partial charge in [0.1, 0.15) is 12.4 Å². The van der Waals surface area contributed by atoms with Gasteiger partial charge >= 0.3 is 0 Å². The van der Waals surface area contributed by atoms with Crippen LogP contribution in [0.15, 0.2) is 5.16 Å². The lowest BCUT2D eigenvalue weighted by atomic mass is 10.1. The summed E-state index contributed by atoms with van der Waals surface area (Å²) in [4.78, 5) is 11.2. The maximum Gasteiger partial charge on any atom is 0.246 e. The average molecular weight is 217 g/mol. The van der Waals surface area contributed by atoms with Crippen LogP contribution in [0.3, 0.4) is 0 Å². The van der Waals surface area contributed by atoms with Gasteiger partial charge in [-0.15, -0.1) is 0 Å². The number of carbonyl (C=O) groups excluding carboxylic acids is 1. The van der Waals surface area contributed by atoms with Crippen molar-refractivity contribution >= 4 is 11.7 Å². The Hall–Kier alpha value is -1.30. The van der Waals surface area contributed by atoms with Crippen molar-refractivity contribution in [2.45, 2.75) is 20.3 Å². The van der Waals surface area contributed by atoms with E-state index in [1.807, 2.05) is 6.92 Å². The number of rotatable bonds is 7. The van der Waals surface area contributed by atoms with Crippen LogP contribution in [0.2, 0.25) is 0 Å². The van der Waals surface area contributed by atoms with Gasteiger partial charge in [0.15, 0.2) is 0 Å². The highest BCUT2D eigenvalue weighted by atomic mass is 16.5. The SMILES string of the molecule is CCCOCC(=O)NCC(C)C(N)=NO. The molecule has 0 aromatic heterocycles. The van der Waals surface area contributed by atoms with Crippen LogP contribution in [0.1, 0.15) is 20.3 Å². The Morgan fingerprint density at radius 3 is 2.87 bits per heavy atom. The molecular formula is C9H19N3O3. The molecule has 0 aromatic rings. The quantitative estimate of drug-likeness (QED) is 0.182. The second kappa shape index (κ2) is 8.05. The van der Waals surface area contributed by atoms with Crippen LogP contribution < -0.4 is 11.1 Å². The van der Waals surface area contributed by atoms with Gasteiger partial charge in [0.05, 0.1) is 0 Å². The van der Waals surface area contributed by atoms with E-state index < -0.39 is 0 Å². The summed E-state index contributed by atoms with van der Waals surface area (Å²) >= 11 is 0. The zero-order chi connectivity index (χ0) is 11.7. The molecule has 6 nitrogen and oxygen atoms in total. The summed E-state index contributed by atoms with van der Waals surface area (Å²) in [6, 6.07) is 0. The van der Waals surface area contributed by atoms with Gasteiger partial charge in [0.25, 0.3) is 0 Å². The van der Waals surface area contributed by atoms with Gasteiger partial charge in [-0.05, 0) is 6.42 Å². The molecule has 4 N–H and O–H groups in total. The van der Waals surface area contributed by atoms with Gasteiger partial charge in [-0.1, -0.05) is 19.0 Å². The van der Waals surface area contributed by atoms with Crippen LogP contribution in [0.4, 0.5) is 0 Å². The van der Waals surface area contributed by atoms with Gasteiger partial charge in [-0.2, -0.15) is 0 Å². The Kier molecular flexibility index (Phi) is 7.35. The molecule has 1 amide bonds. The molecular weight excluding hydrogens is 198 g/mol. The highest BCUT2D eigenvalue weighted by Crippen LogP contribution is 1.91. The Balaban J connectivity index is 3.62. The van der Waals surface area contributed by atoms with E-state index in [0.29, 0.717) is 13.2 Å². The monoisotopic (exact) mass is 217 g/mol. The highest BCUT2D eigenvalue weighted by molar-refractivity contribution is 5.83. The van der Waals surface area contributed by atoms with E-state index in [2.05, 4.69) is 10.5 Å². The number of oxime groups is 1. The molecule has 6 heteroatoms. The molecule has 0 aliphatic carbocycles. The minimum absolute atomic E-state index is 0.0523. The molecule has 0 aliphatic heterocycles. The van der Waals surface area contributed by atoms with Crippen molar-refractivity contribution in [1.82, 2.24) is 5.32 Å². The van der Waals surface area contributed by atoms with Crippen LogP contribution in [0.25, 0.3) is 0 Å². The molecule has 0 saturated carbocycles. The Bertz CT molecular complexity index is 219. The average Bonchev–Trinajstić information content (AvgIpc) is 2.25. The van der Waals surface area contributed by atoms with Crippen LogP contribution >= 0.6 is 0 Å². The summed E-state index contributed by atoms with van der Waals surface area (Å²) in [5.41, 5.74) is 5.34. The normalized spacial score (nSPS) is 13.6. The zero-order valence-electron chi connectivity index (χ0n) is 9.19. The van der Waals surface area contributed by atoms with Gasteiger partial charge in [0.2, 0.25) is 5.91 Å². The molecule has 1 unspecified atom stereocenters. The maximum absolute atomic E-state index is 11.2. The number of nitrogens with zero attached hydrogens (tertiary/aromatic N) is 1. The van der Waals surface area contributed by atoms with Gasteiger partial charge < -0.3 is 21.0 Å². The fourth-order valence-electron chi connectivity index (χ4n) is 0.830. The number of hydrogen-bond donors (Lipinski definition) is 3. The molecule has 0 aliphatic rings. The van der Waals surface area contributed by atoms with Crippen LogP contribution in [-0.2, 0) is 9.53 Å². The number of nitrogens with two attached hydrogens (primary N) is 1. The number of carbonyl (C=O) groups is 1. The first kappa shape index (κ1) is 13.7. The smallest absolute Gasteiger partial charge is 0.246 e. The highest BCUT2D eigenvalue weighted by Gasteiger charge is 2.09. The van der Waals surface area contributed by atoms with E-state index in [4.69, 9.17) is 15.7 Å². The molecule has 0 bridgehead atoms. The number of nitrogens with one attached hydrogen (secondary N) is 1. The third kappa shape index (κ3) is 6.73. The van der Waals surface area contributed by atoms with E-state index in [1.165, 1.54) is 0 Å². The Morgan fingerprint density at radius 1 is 1.67 bits per heavy atom. The lowest BCUT2D eigenvalue weighted by Crippen LogP contribution is -2.36. The molecule has 15 heavy (non-hydrogen) atoms. The van der Waals surface area contributed by atoms with Crippen LogP contribution in [0.5, 0.6) is 0 Å². The van der Waals surface area contributed by atoms with Crippen LogP contribution in [-0.4, -0.2) is 36.7 Å². The number of hydrogen-bond acceptors (Lipinski definition) is 4. The van der Waals surface area contributed by atoms with E-state index in [-0.39, 0.29) is 24.3 Å². The molecule has 0 spiro atoms. The van der Waals surface area contributed by atoms with E-state index in [0.717, 1.165) is 6.42 Å². The third-order valence-corrected chi connectivity index (χ3v) is 1.81. The van der Waals surface area contributed by atoms with Crippen molar-refractivity contribution in [1.29, 1.82) is 0 Å². The van der Waals surface area contributed by atoms with Gasteiger partial charge in [-0.3, -0.25) is 4.79 Å². The van der Waals surface area contributed by atoms with Crippen molar-refractivity contribution in [2.24, 2.45) is 16.8 Å². The second-order valence-electron chi connectivity index (χ2n) is 3.28. The number of amides is 1. The first-order chi connectivity index (χ1) is 7.11. The van der Waals surface area contributed by atoms with Crippen molar-refractivity contribution in [3.63, 3.8) is 0 Å². The number of ether oxygens (including phenoxy) is 1. The summed E-state index contributed by atoms with van der Waals surface area (Å²) in [6.07, 6.45) is 0.883. The Morgan fingerprint density at radius 2 is 2.33 bits per heavy atom. The molecule has 0 fully saturated rings. The van der Waals surface area contributed by atoms with E-state index >= 15 is 0 Å². The van der Waals surface area contributed by atoms with Crippen molar-refractivity contribution < 1.29 is 14.7 Å².